The number of oxazole rings is 1. The summed E-state index contributed by atoms with van der Waals surface area (Å²) in [4.78, 5) is 42.2. The lowest BCUT2D eigenvalue weighted by Crippen LogP contribution is -2.38. The van der Waals surface area contributed by atoms with E-state index in [4.69, 9.17) is 9.15 Å². The van der Waals surface area contributed by atoms with E-state index >= 15 is 0 Å². The number of benzene rings is 2. The van der Waals surface area contributed by atoms with Gasteiger partial charge in [-0.3, -0.25) is 14.6 Å². The van der Waals surface area contributed by atoms with Crippen molar-refractivity contribution in [2.45, 2.75) is 10.9 Å². The second-order valence-corrected chi connectivity index (χ2v) is 12.1. The largest absolute Gasteiger partial charge is 0.497 e. The van der Waals surface area contributed by atoms with Crippen LogP contribution >= 0.6 is 10.0 Å². The number of likely N-dealkylation sites (N-methyl/N-ethyl adjacent to an activating group) is 1. The average Bonchev–Trinajstić information content (AvgIpc) is 3.19. The van der Waals surface area contributed by atoms with Crippen LogP contribution in [0.25, 0.3) is 0 Å². The van der Waals surface area contributed by atoms with E-state index in [-0.39, 0.29) is 5.76 Å². The van der Waals surface area contributed by atoms with Gasteiger partial charge < -0.3 is 19.4 Å². The fraction of sp³-hybridized carbons (Fsp3) is 0.261. The molecule has 9 heteroatoms. The second-order valence-electron chi connectivity index (χ2n) is 7.98. The third-order valence-electron chi connectivity index (χ3n) is 4.95. The van der Waals surface area contributed by atoms with E-state index in [1.807, 2.05) is 24.3 Å². The van der Waals surface area contributed by atoms with Gasteiger partial charge in [-0.1, -0.05) is 12.1 Å². The molecule has 2 N–H and O–H groups in total. The third kappa shape index (κ3) is 5.23. The van der Waals surface area contributed by atoms with Gasteiger partial charge in [-0.25, -0.2) is 14.8 Å². The number of aromatic nitrogens is 1. The number of aromatic amines is 1. The monoisotopic (exact) mass is 457 g/mol. The summed E-state index contributed by atoms with van der Waals surface area (Å²) in [5.74, 6) is -1.31. The van der Waals surface area contributed by atoms with Crippen molar-refractivity contribution < 1.29 is 18.7 Å². The van der Waals surface area contributed by atoms with Crippen LogP contribution < -0.4 is 15.8 Å². The predicted molar refractivity (Wildman–Crippen MR) is 126 cm³/mol. The average molecular weight is 458 g/mol. The van der Waals surface area contributed by atoms with E-state index < -0.39 is 33.6 Å². The number of hydrogen-bond acceptors (Lipinski definition) is 5. The van der Waals surface area contributed by atoms with Crippen LogP contribution in [0.2, 0.25) is 0 Å². The predicted octanol–water partition coefficient (Wildman–Crippen LogP) is 3.48. The van der Waals surface area contributed by atoms with Crippen molar-refractivity contribution in [1.29, 1.82) is 0 Å². The molecule has 0 aliphatic carbocycles. The zero-order valence-electron chi connectivity index (χ0n) is 18.7. The van der Waals surface area contributed by atoms with E-state index in [9.17, 15) is 14.4 Å². The van der Waals surface area contributed by atoms with E-state index in [0.29, 0.717) is 17.0 Å². The number of rotatable bonds is 7. The maximum Gasteiger partial charge on any atom is 0.416 e. The number of nitrogens with one attached hydrogen (secondary N) is 2. The molecule has 3 aromatic rings. The number of H-pyrrole nitrogens is 1. The van der Waals surface area contributed by atoms with E-state index in [2.05, 4.69) is 29.1 Å². The lowest BCUT2D eigenvalue weighted by molar-refractivity contribution is -0.120. The Labute approximate surface area is 187 Å². The van der Waals surface area contributed by atoms with E-state index in [1.165, 1.54) is 23.0 Å². The minimum atomic E-state index is -0.971. The molecule has 8 nitrogen and oxygen atoms in total. The molecule has 1 atom stereocenters. The molecule has 32 heavy (non-hydrogen) atoms. The number of carbonyl (C=O) groups is 2. The molecule has 0 saturated carbocycles. The number of nitrogens with zero attached hydrogens (tertiary/aromatic N) is 1. The first-order valence-electron chi connectivity index (χ1n) is 9.79. The summed E-state index contributed by atoms with van der Waals surface area (Å²) >= 11 is 0. The van der Waals surface area contributed by atoms with Crippen molar-refractivity contribution in [1.82, 2.24) is 9.88 Å². The first-order chi connectivity index (χ1) is 15.1. The standard InChI is InChI=1S/C23H27N3O5S/c1-26(22(28)19-14-24-23(29)31-19)20(15-6-10-17(30-2)11-7-15)21(27)25-16-8-12-18(13-9-16)32(3,4)5/h6-14,20H,1-5H3,(H,24,29)(H,25,27). The molecule has 2 aromatic carbocycles. The Morgan fingerprint density at radius 1 is 1.06 bits per heavy atom. The quantitative estimate of drug-likeness (QED) is 0.565. The minimum Gasteiger partial charge on any atom is -0.497 e. The normalized spacial score (nSPS) is 12.7. The van der Waals surface area contributed by atoms with Gasteiger partial charge in [0.15, 0.2) is 0 Å². The first kappa shape index (κ1) is 23.2. The topological polar surface area (TPSA) is 105 Å². The van der Waals surface area contributed by atoms with Crippen LogP contribution in [0.15, 0.2) is 68.8 Å². The Morgan fingerprint density at radius 2 is 1.69 bits per heavy atom. The van der Waals surface area contributed by atoms with Gasteiger partial charge in [-0.05, 0) is 65.6 Å². The van der Waals surface area contributed by atoms with Crippen molar-refractivity contribution in [3.63, 3.8) is 0 Å². The van der Waals surface area contributed by atoms with Crippen molar-refractivity contribution >= 4 is 27.5 Å². The Kier molecular flexibility index (Phi) is 6.78. The Hall–Kier alpha value is -3.46. The summed E-state index contributed by atoms with van der Waals surface area (Å²) in [5, 5.41) is 2.89. The molecule has 0 aliphatic heterocycles. The summed E-state index contributed by atoms with van der Waals surface area (Å²) in [6.07, 6.45) is 7.76. The molecule has 3 rings (SSSR count). The number of ether oxygens (including phenoxy) is 1. The molecular formula is C23H27N3O5S. The number of amides is 2. The van der Waals surface area contributed by atoms with Crippen molar-refractivity contribution in [2.75, 3.05) is 38.2 Å². The van der Waals surface area contributed by atoms with Gasteiger partial charge in [0.1, 0.15) is 11.8 Å². The second kappa shape index (κ2) is 9.35. The molecule has 0 spiro atoms. The lowest BCUT2D eigenvalue weighted by atomic mass is 10.0. The van der Waals surface area contributed by atoms with Gasteiger partial charge in [-0.15, -0.1) is 0 Å². The van der Waals surface area contributed by atoms with Crippen LogP contribution in [0, 0.1) is 0 Å². The smallest absolute Gasteiger partial charge is 0.416 e. The molecule has 0 bridgehead atoms. The highest BCUT2D eigenvalue weighted by Crippen LogP contribution is 2.45. The summed E-state index contributed by atoms with van der Waals surface area (Å²) in [6.45, 7) is 0. The lowest BCUT2D eigenvalue weighted by Gasteiger charge is -2.28. The third-order valence-corrected chi connectivity index (χ3v) is 6.64. The van der Waals surface area contributed by atoms with Crippen molar-refractivity contribution in [2.24, 2.45) is 0 Å². The number of carbonyl (C=O) groups excluding carboxylic acids is 2. The maximum absolute atomic E-state index is 13.3. The molecule has 0 fully saturated rings. The Bertz CT molecular complexity index is 1140. The number of hydrogen-bond donors (Lipinski definition) is 2. The Morgan fingerprint density at radius 3 is 2.19 bits per heavy atom. The maximum atomic E-state index is 13.3. The van der Waals surface area contributed by atoms with Crippen molar-refractivity contribution in [3.05, 3.63) is 76.6 Å². The molecule has 0 radical (unpaired) electrons. The SMILES string of the molecule is COc1ccc(C(C(=O)Nc2ccc(S(C)(C)C)cc2)N(C)C(=O)c2c[nH]c(=O)o2)cc1. The summed E-state index contributed by atoms with van der Waals surface area (Å²) in [6, 6.07) is 13.6. The first-order valence-corrected chi connectivity index (χ1v) is 12.6. The highest BCUT2D eigenvalue weighted by Gasteiger charge is 2.31. The van der Waals surface area contributed by atoms with Gasteiger partial charge in [0.2, 0.25) is 5.76 Å². The van der Waals surface area contributed by atoms with Crippen LogP contribution in [0.4, 0.5) is 5.69 Å². The van der Waals surface area contributed by atoms with E-state index in [1.54, 1.807) is 31.4 Å². The highest BCUT2D eigenvalue weighted by molar-refractivity contribution is 8.32. The van der Waals surface area contributed by atoms with Crippen LogP contribution in [-0.2, 0) is 4.79 Å². The molecule has 0 aliphatic rings. The zero-order valence-corrected chi connectivity index (χ0v) is 19.5. The number of methoxy groups -OCH3 is 1. The molecular weight excluding hydrogens is 430 g/mol. The molecule has 170 valence electrons. The fourth-order valence-electron chi connectivity index (χ4n) is 3.17. The molecule has 0 saturated heterocycles. The Balaban J connectivity index is 1.91. The van der Waals surface area contributed by atoms with Gasteiger partial charge in [0, 0.05) is 12.7 Å². The summed E-state index contributed by atoms with van der Waals surface area (Å²) in [5.41, 5.74) is 1.20. The number of anilines is 1. The van der Waals surface area contributed by atoms with E-state index in [0.717, 1.165) is 0 Å². The fourth-order valence-corrected chi connectivity index (χ4v) is 4.13. The van der Waals surface area contributed by atoms with Crippen molar-refractivity contribution in [3.8, 4) is 5.75 Å². The minimum absolute atomic E-state index is 0.179. The van der Waals surface area contributed by atoms with Gasteiger partial charge in [-0.2, -0.15) is 0 Å². The van der Waals surface area contributed by atoms with Crippen LogP contribution in [0.3, 0.4) is 0 Å². The molecule has 2 amide bonds. The van der Waals surface area contributed by atoms with Gasteiger partial charge in [0.25, 0.3) is 11.8 Å². The molecule has 1 heterocycles. The van der Waals surface area contributed by atoms with Crippen LogP contribution in [0.1, 0.15) is 22.2 Å². The summed E-state index contributed by atoms with van der Waals surface area (Å²) < 4.78 is 10.1. The van der Waals surface area contributed by atoms with Crippen LogP contribution in [-0.4, -0.2) is 54.6 Å². The zero-order chi connectivity index (χ0) is 23.5. The summed E-state index contributed by atoms with van der Waals surface area (Å²) in [7, 11) is 2.15. The molecule has 1 aromatic heterocycles. The van der Waals surface area contributed by atoms with Crippen LogP contribution in [0.5, 0.6) is 5.75 Å². The van der Waals surface area contributed by atoms with Gasteiger partial charge >= 0.3 is 5.76 Å². The molecule has 1 unspecified atom stereocenters. The highest BCUT2D eigenvalue weighted by atomic mass is 32.3. The van der Waals surface area contributed by atoms with Gasteiger partial charge in [0.05, 0.1) is 13.3 Å².